The van der Waals surface area contributed by atoms with E-state index >= 15 is 0 Å². The van der Waals surface area contributed by atoms with Crippen LogP contribution < -0.4 is 4.74 Å². The lowest BCUT2D eigenvalue weighted by molar-refractivity contribution is -0.122. The highest BCUT2D eigenvalue weighted by Gasteiger charge is 2.31. The summed E-state index contributed by atoms with van der Waals surface area (Å²) in [5.41, 5.74) is 2.15. The van der Waals surface area contributed by atoms with Crippen molar-refractivity contribution in [2.75, 3.05) is 13.2 Å². The SMILES string of the molecule is CCCN1C(=O)/C(=C\c2cn(CCOc3ccccc3)c3ccccc23)SC1=S. The van der Waals surface area contributed by atoms with Crippen molar-refractivity contribution in [1.29, 1.82) is 0 Å². The van der Waals surface area contributed by atoms with Gasteiger partial charge in [-0.25, -0.2) is 0 Å². The maximum Gasteiger partial charge on any atom is 0.266 e. The monoisotopic (exact) mass is 422 g/mol. The zero-order valence-corrected chi connectivity index (χ0v) is 17.8. The third kappa shape index (κ3) is 4.23. The molecule has 2 heterocycles. The first kappa shape index (κ1) is 19.7. The number of aromatic nitrogens is 1. The highest BCUT2D eigenvalue weighted by atomic mass is 32.2. The fourth-order valence-electron chi connectivity index (χ4n) is 3.41. The Morgan fingerprint density at radius 1 is 1.07 bits per heavy atom. The summed E-state index contributed by atoms with van der Waals surface area (Å²) in [4.78, 5) is 15.1. The minimum atomic E-state index is 0.00564. The third-order valence-corrected chi connectivity index (χ3v) is 6.15. The van der Waals surface area contributed by atoms with Crippen molar-refractivity contribution in [3.8, 4) is 5.75 Å². The number of para-hydroxylation sites is 2. The van der Waals surface area contributed by atoms with Crippen molar-refractivity contribution in [2.24, 2.45) is 0 Å². The fraction of sp³-hybridized carbons (Fsp3) is 0.217. The molecular formula is C23H22N2O2S2. The number of thioether (sulfide) groups is 1. The Labute approximate surface area is 180 Å². The number of benzene rings is 2. The highest BCUT2D eigenvalue weighted by molar-refractivity contribution is 8.26. The number of carbonyl (C=O) groups is 1. The summed E-state index contributed by atoms with van der Waals surface area (Å²) in [6.07, 6.45) is 4.94. The van der Waals surface area contributed by atoms with Gasteiger partial charge in [0, 0.05) is 29.2 Å². The normalized spacial score (nSPS) is 15.6. The minimum absolute atomic E-state index is 0.00564. The first-order valence-electron chi connectivity index (χ1n) is 9.68. The maximum atomic E-state index is 12.7. The molecule has 1 aromatic heterocycles. The second-order valence-corrected chi connectivity index (χ2v) is 8.47. The topological polar surface area (TPSA) is 34.5 Å². The predicted octanol–water partition coefficient (Wildman–Crippen LogP) is 5.33. The Kier molecular flexibility index (Phi) is 6.02. The van der Waals surface area contributed by atoms with Crippen LogP contribution in [0.15, 0.2) is 65.7 Å². The molecule has 1 saturated heterocycles. The zero-order chi connectivity index (χ0) is 20.2. The van der Waals surface area contributed by atoms with Gasteiger partial charge in [0.25, 0.3) is 5.91 Å². The molecule has 0 atom stereocenters. The number of hydrogen-bond acceptors (Lipinski definition) is 4. The van der Waals surface area contributed by atoms with Crippen LogP contribution >= 0.6 is 24.0 Å². The van der Waals surface area contributed by atoms with Gasteiger partial charge >= 0.3 is 0 Å². The standard InChI is InChI=1S/C23H22N2O2S2/c1-2-12-25-22(26)21(29-23(25)28)15-17-16-24(20-11-7-6-10-19(17)20)13-14-27-18-8-4-3-5-9-18/h3-11,15-16H,2,12-14H2,1H3/b21-15+. The van der Waals surface area contributed by atoms with Crippen LogP contribution in [0, 0.1) is 0 Å². The van der Waals surface area contributed by atoms with Crippen molar-refractivity contribution in [3.05, 3.63) is 71.3 Å². The van der Waals surface area contributed by atoms with E-state index in [0.717, 1.165) is 35.2 Å². The van der Waals surface area contributed by atoms with Crippen LogP contribution in [0.25, 0.3) is 17.0 Å². The Hall–Kier alpha value is -2.57. The molecule has 2 aromatic carbocycles. The van der Waals surface area contributed by atoms with E-state index in [9.17, 15) is 4.79 Å². The average molecular weight is 423 g/mol. The lowest BCUT2D eigenvalue weighted by Crippen LogP contribution is -2.28. The van der Waals surface area contributed by atoms with Crippen molar-refractivity contribution >= 4 is 51.2 Å². The van der Waals surface area contributed by atoms with Crippen LogP contribution in [-0.2, 0) is 11.3 Å². The number of ether oxygens (including phenoxy) is 1. The van der Waals surface area contributed by atoms with Gasteiger partial charge in [0.2, 0.25) is 0 Å². The highest BCUT2D eigenvalue weighted by Crippen LogP contribution is 2.34. The summed E-state index contributed by atoms with van der Waals surface area (Å²) >= 11 is 6.77. The van der Waals surface area contributed by atoms with Gasteiger partial charge in [-0.3, -0.25) is 9.69 Å². The smallest absolute Gasteiger partial charge is 0.266 e. The molecule has 29 heavy (non-hydrogen) atoms. The molecule has 4 rings (SSSR count). The first-order chi connectivity index (χ1) is 14.2. The van der Waals surface area contributed by atoms with Crippen molar-refractivity contribution in [3.63, 3.8) is 0 Å². The first-order valence-corrected chi connectivity index (χ1v) is 10.9. The van der Waals surface area contributed by atoms with E-state index in [1.54, 1.807) is 4.90 Å². The van der Waals surface area contributed by atoms with Crippen LogP contribution in [0.1, 0.15) is 18.9 Å². The predicted molar refractivity (Wildman–Crippen MR) is 124 cm³/mol. The molecule has 1 amide bonds. The second kappa shape index (κ2) is 8.84. The molecule has 6 heteroatoms. The molecule has 0 aliphatic carbocycles. The van der Waals surface area contributed by atoms with Crippen LogP contribution in [0.5, 0.6) is 5.75 Å². The third-order valence-electron chi connectivity index (χ3n) is 4.77. The van der Waals surface area contributed by atoms with E-state index in [0.29, 0.717) is 22.4 Å². The number of carbonyl (C=O) groups excluding carboxylic acids is 1. The number of rotatable bonds is 7. The van der Waals surface area contributed by atoms with Gasteiger partial charge < -0.3 is 9.30 Å². The molecule has 0 spiro atoms. The molecule has 0 unspecified atom stereocenters. The molecule has 0 radical (unpaired) electrons. The van der Waals surface area contributed by atoms with E-state index in [1.807, 2.05) is 55.5 Å². The van der Waals surface area contributed by atoms with Gasteiger partial charge in [-0.1, -0.05) is 67.3 Å². The van der Waals surface area contributed by atoms with Gasteiger partial charge in [-0.05, 0) is 30.7 Å². The second-order valence-electron chi connectivity index (χ2n) is 6.79. The maximum absolute atomic E-state index is 12.7. The number of nitrogens with zero attached hydrogens (tertiary/aromatic N) is 2. The minimum Gasteiger partial charge on any atom is -0.492 e. The number of thiocarbonyl (C=S) groups is 1. The summed E-state index contributed by atoms with van der Waals surface area (Å²) in [6.45, 7) is 4.01. The van der Waals surface area contributed by atoms with Crippen molar-refractivity contribution in [2.45, 2.75) is 19.9 Å². The molecule has 3 aromatic rings. The Balaban J connectivity index is 1.58. The van der Waals surface area contributed by atoms with Crippen molar-refractivity contribution in [1.82, 2.24) is 9.47 Å². The van der Waals surface area contributed by atoms with Crippen molar-refractivity contribution < 1.29 is 9.53 Å². The Morgan fingerprint density at radius 2 is 1.83 bits per heavy atom. The Morgan fingerprint density at radius 3 is 2.62 bits per heavy atom. The molecule has 0 bridgehead atoms. The van der Waals surface area contributed by atoms with Crippen LogP contribution in [0.4, 0.5) is 0 Å². The number of amides is 1. The molecule has 0 N–H and O–H groups in total. The van der Waals surface area contributed by atoms with Crippen LogP contribution in [0.2, 0.25) is 0 Å². The summed E-state index contributed by atoms with van der Waals surface area (Å²) < 4.78 is 8.67. The van der Waals surface area contributed by atoms with Gasteiger partial charge in [0.15, 0.2) is 0 Å². The quantitative estimate of drug-likeness (QED) is 0.381. The molecular weight excluding hydrogens is 400 g/mol. The van der Waals surface area contributed by atoms with Crippen LogP contribution in [-0.4, -0.2) is 32.8 Å². The molecule has 148 valence electrons. The summed E-state index contributed by atoms with van der Waals surface area (Å²) in [7, 11) is 0. The fourth-order valence-corrected chi connectivity index (χ4v) is 4.71. The zero-order valence-electron chi connectivity index (χ0n) is 16.2. The number of hydrogen-bond donors (Lipinski definition) is 0. The van der Waals surface area contributed by atoms with E-state index in [-0.39, 0.29) is 5.91 Å². The summed E-state index contributed by atoms with van der Waals surface area (Å²) in [5, 5.41) is 1.12. The molecule has 1 fully saturated rings. The average Bonchev–Trinajstić information content (AvgIpc) is 3.22. The molecule has 1 aliphatic rings. The Bertz CT molecular complexity index is 1070. The number of fused-ring (bicyclic) bond motifs is 1. The lowest BCUT2D eigenvalue weighted by atomic mass is 10.1. The van der Waals surface area contributed by atoms with Gasteiger partial charge in [-0.2, -0.15) is 0 Å². The van der Waals surface area contributed by atoms with E-state index in [1.165, 1.54) is 11.8 Å². The molecule has 4 nitrogen and oxygen atoms in total. The van der Waals surface area contributed by atoms with Gasteiger partial charge in [0.05, 0.1) is 11.4 Å². The van der Waals surface area contributed by atoms with Gasteiger partial charge in [0.1, 0.15) is 16.7 Å². The largest absolute Gasteiger partial charge is 0.492 e. The summed E-state index contributed by atoms with van der Waals surface area (Å²) in [5.74, 6) is 0.870. The van der Waals surface area contributed by atoms with E-state index in [4.69, 9.17) is 17.0 Å². The summed E-state index contributed by atoms with van der Waals surface area (Å²) in [6, 6.07) is 18.0. The van der Waals surface area contributed by atoms with Crippen LogP contribution in [0.3, 0.4) is 0 Å². The van der Waals surface area contributed by atoms with E-state index in [2.05, 4.69) is 22.9 Å². The van der Waals surface area contributed by atoms with Gasteiger partial charge in [-0.15, -0.1) is 0 Å². The molecule has 1 aliphatic heterocycles. The lowest BCUT2D eigenvalue weighted by Gasteiger charge is -2.11. The van der Waals surface area contributed by atoms with E-state index < -0.39 is 0 Å². The molecule has 0 saturated carbocycles.